The lowest BCUT2D eigenvalue weighted by molar-refractivity contribution is 0.617. The predicted molar refractivity (Wildman–Crippen MR) is 68.7 cm³/mol. The van der Waals surface area contributed by atoms with Crippen LogP contribution in [0.5, 0.6) is 0 Å². The molecule has 2 N–H and O–H groups in total. The maximum absolute atomic E-state index is 13.4. The second-order valence-electron chi connectivity index (χ2n) is 3.13. The minimum Gasteiger partial charge on any atom is -0.398 e. The van der Waals surface area contributed by atoms with E-state index < -0.39 is 0 Å². The molecule has 1 aromatic heterocycles. The summed E-state index contributed by atoms with van der Waals surface area (Å²) in [6.45, 7) is 0. The predicted octanol–water partition coefficient (Wildman–Crippen LogP) is 2.29. The molecule has 4 nitrogen and oxygen atoms in total. The lowest BCUT2D eigenvalue weighted by Crippen LogP contribution is -1.95. The van der Waals surface area contributed by atoms with Crippen LogP contribution >= 0.6 is 34.4 Å². The Hall–Kier alpha value is -0.830. The molecule has 0 atom stereocenters. The van der Waals surface area contributed by atoms with E-state index in [1.54, 1.807) is 17.0 Å². The molecule has 0 bridgehead atoms. The maximum Gasteiger partial charge on any atom is 0.195 e. The number of aryl methyl sites for hydroxylation is 1. The standard InChI is InChI=1S/C9H8FIN4S/c1-15-4-13-14-9(15)16-8-2-5(10)6(11)3-7(8)12/h2-4H,12H2,1H3. The monoisotopic (exact) mass is 350 g/mol. The molecular weight excluding hydrogens is 342 g/mol. The molecule has 0 amide bonds. The van der Waals surface area contributed by atoms with Crippen molar-refractivity contribution in [2.24, 2.45) is 7.05 Å². The molecule has 7 heteroatoms. The van der Waals surface area contributed by atoms with Gasteiger partial charge in [-0.3, -0.25) is 0 Å². The van der Waals surface area contributed by atoms with Crippen molar-refractivity contribution in [2.75, 3.05) is 5.73 Å². The quantitative estimate of drug-likeness (QED) is 0.667. The SMILES string of the molecule is Cn1cnnc1Sc1cc(F)c(I)cc1N. The number of nitrogens with two attached hydrogens (primary N) is 1. The summed E-state index contributed by atoms with van der Waals surface area (Å²) in [5.74, 6) is -0.278. The van der Waals surface area contributed by atoms with Crippen LogP contribution in [0.4, 0.5) is 10.1 Å². The first kappa shape index (κ1) is 11.6. The van der Waals surface area contributed by atoms with Crippen LogP contribution in [0.25, 0.3) is 0 Å². The highest BCUT2D eigenvalue weighted by molar-refractivity contribution is 14.1. The van der Waals surface area contributed by atoms with E-state index in [0.717, 1.165) is 0 Å². The zero-order chi connectivity index (χ0) is 11.7. The third kappa shape index (κ3) is 2.29. The van der Waals surface area contributed by atoms with E-state index in [0.29, 0.717) is 19.3 Å². The smallest absolute Gasteiger partial charge is 0.195 e. The van der Waals surface area contributed by atoms with Gasteiger partial charge < -0.3 is 10.3 Å². The molecule has 16 heavy (non-hydrogen) atoms. The topological polar surface area (TPSA) is 56.7 Å². The van der Waals surface area contributed by atoms with Gasteiger partial charge in [0.15, 0.2) is 5.16 Å². The van der Waals surface area contributed by atoms with Crippen molar-refractivity contribution in [3.63, 3.8) is 0 Å². The fourth-order valence-corrected chi connectivity index (χ4v) is 2.40. The Bertz CT molecular complexity index is 528. The van der Waals surface area contributed by atoms with Crippen LogP contribution < -0.4 is 5.73 Å². The van der Waals surface area contributed by atoms with Gasteiger partial charge in [-0.05, 0) is 46.5 Å². The van der Waals surface area contributed by atoms with Gasteiger partial charge in [0.2, 0.25) is 0 Å². The summed E-state index contributed by atoms with van der Waals surface area (Å²) in [4.78, 5) is 0.647. The molecule has 0 aliphatic carbocycles. The molecule has 0 saturated carbocycles. The largest absolute Gasteiger partial charge is 0.398 e. The Kier molecular flexibility index (Phi) is 3.33. The molecule has 2 aromatic rings. The first-order chi connectivity index (χ1) is 7.58. The fraction of sp³-hybridized carbons (Fsp3) is 0.111. The minimum atomic E-state index is -0.278. The van der Waals surface area contributed by atoms with Gasteiger partial charge in [0.25, 0.3) is 0 Å². The number of aromatic nitrogens is 3. The average Bonchev–Trinajstić information content (AvgIpc) is 2.61. The summed E-state index contributed by atoms with van der Waals surface area (Å²) in [7, 11) is 1.82. The van der Waals surface area contributed by atoms with E-state index in [4.69, 9.17) is 5.73 Å². The van der Waals surface area contributed by atoms with E-state index in [9.17, 15) is 4.39 Å². The summed E-state index contributed by atoms with van der Waals surface area (Å²) in [5, 5.41) is 8.32. The number of nitrogens with zero attached hydrogens (tertiary/aromatic N) is 3. The van der Waals surface area contributed by atoms with Gasteiger partial charge in [-0.25, -0.2) is 4.39 Å². The minimum absolute atomic E-state index is 0.278. The van der Waals surface area contributed by atoms with Gasteiger partial charge in [0.05, 0.1) is 3.57 Å². The lowest BCUT2D eigenvalue weighted by atomic mass is 10.3. The van der Waals surface area contributed by atoms with Crippen LogP contribution in [0.3, 0.4) is 0 Å². The van der Waals surface area contributed by atoms with E-state index in [-0.39, 0.29) is 5.82 Å². The summed E-state index contributed by atoms with van der Waals surface area (Å²) < 4.78 is 15.6. The third-order valence-electron chi connectivity index (χ3n) is 1.92. The van der Waals surface area contributed by atoms with Gasteiger partial charge in [-0.2, -0.15) is 0 Å². The van der Waals surface area contributed by atoms with Crippen LogP contribution in [0, 0.1) is 9.39 Å². The van der Waals surface area contributed by atoms with Crippen LogP contribution in [0.2, 0.25) is 0 Å². The first-order valence-electron chi connectivity index (χ1n) is 4.34. The van der Waals surface area contributed by atoms with E-state index in [2.05, 4.69) is 10.2 Å². The van der Waals surface area contributed by atoms with E-state index in [1.165, 1.54) is 17.8 Å². The molecule has 1 aromatic carbocycles. The normalized spacial score (nSPS) is 10.7. The Labute approximate surface area is 110 Å². The van der Waals surface area contributed by atoms with Crippen molar-refractivity contribution in [3.8, 4) is 0 Å². The molecule has 0 saturated heterocycles. The summed E-state index contributed by atoms with van der Waals surface area (Å²) in [6, 6.07) is 3.02. The highest BCUT2D eigenvalue weighted by Crippen LogP contribution is 2.32. The molecule has 0 aliphatic heterocycles. The number of halogens is 2. The van der Waals surface area contributed by atoms with Crippen molar-refractivity contribution in [1.82, 2.24) is 14.8 Å². The van der Waals surface area contributed by atoms with Gasteiger partial charge in [-0.15, -0.1) is 10.2 Å². The maximum atomic E-state index is 13.4. The Morgan fingerprint density at radius 3 is 2.88 bits per heavy atom. The van der Waals surface area contributed by atoms with Gasteiger partial charge in [0, 0.05) is 17.6 Å². The average molecular weight is 350 g/mol. The molecule has 1 heterocycles. The number of hydrogen-bond acceptors (Lipinski definition) is 4. The summed E-state index contributed by atoms with van der Waals surface area (Å²) >= 11 is 3.20. The number of anilines is 1. The lowest BCUT2D eigenvalue weighted by Gasteiger charge is -2.05. The van der Waals surface area contributed by atoms with Crippen LogP contribution in [-0.4, -0.2) is 14.8 Å². The van der Waals surface area contributed by atoms with E-state index >= 15 is 0 Å². The Morgan fingerprint density at radius 1 is 1.50 bits per heavy atom. The van der Waals surface area contributed by atoms with Gasteiger partial charge in [-0.1, -0.05) is 0 Å². The molecule has 0 spiro atoms. The van der Waals surface area contributed by atoms with Crippen molar-refractivity contribution >= 4 is 40.0 Å². The molecule has 84 valence electrons. The highest BCUT2D eigenvalue weighted by Gasteiger charge is 2.10. The van der Waals surface area contributed by atoms with Crippen molar-refractivity contribution in [3.05, 3.63) is 27.8 Å². The number of nitrogen functional groups attached to an aromatic ring is 1. The fourth-order valence-electron chi connectivity index (χ4n) is 1.10. The summed E-state index contributed by atoms with van der Waals surface area (Å²) in [5.41, 5.74) is 6.35. The van der Waals surface area contributed by atoms with Crippen molar-refractivity contribution in [1.29, 1.82) is 0 Å². The van der Waals surface area contributed by atoms with Gasteiger partial charge >= 0.3 is 0 Å². The Morgan fingerprint density at radius 2 is 2.25 bits per heavy atom. The first-order valence-corrected chi connectivity index (χ1v) is 6.24. The molecule has 0 aliphatic rings. The third-order valence-corrected chi connectivity index (χ3v) is 3.88. The second-order valence-corrected chi connectivity index (χ2v) is 5.30. The molecule has 0 radical (unpaired) electrons. The van der Waals surface area contributed by atoms with Gasteiger partial charge in [0.1, 0.15) is 12.1 Å². The molecule has 0 unspecified atom stereocenters. The number of rotatable bonds is 2. The molecular formula is C9H8FIN4S. The van der Waals surface area contributed by atoms with Crippen LogP contribution in [-0.2, 0) is 7.05 Å². The molecule has 0 fully saturated rings. The number of hydrogen-bond donors (Lipinski definition) is 1. The van der Waals surface area contributed by atoms with Crippen molar-refractivity contribution in [2.45, 2.75) is 10.1 Å². The highest BCUT2D eigenvalue weighted by atomic mass is 127. The van der Waals surface area contributed by atoms with Crippen LogP contribution in [0.1, 0.15) is 0 Å². The van der Waals surface area contributed by atoms with E-state index in [1.807, 2.05) is 29.6 Å². The summed E-state index contributed by atoms with van der Waals surface area (Å²) in [6.07, 6.45) is 1.58. The van der Waals surface area contributed by atoms with Crippen LogP contribution in [0.15, 0.2) is 28.5 Å². The zero-order valence-electron chi connectivity index (χ0n) is 8.32. The number of benzene rings is 1. The molecule has 2 rings (SSSR count). The zero-order valence-corrected chi connectivity index (χ0v) is 11.3. The Balaban J connectivity index is 2.35. The van der Waals surface area contributed by atoms with Crippen molar-refractivity contribution < 1.29 is 4.39 Å². The second kappa shape index (κ2) is 4.58.